The van der Waals surface area contributed by atoms with E-state index in [0.717, 1.165) is 5.57 Å². The number of phenols is 1. The van der Waals surface area contributed by atoms with Crippen LogP contribution >= 0.6 is 23.2 Å². The number of benzene rings is 4. The summed E-state index contributed by atoms with van der Waals surface area (Å²) in [5.41, 5.74) is 1.47. The molecule has 4 amide bonds. The van der Waals surface area contributed by atoms with Crippen molar-refractivity contribution < 1.29 is 29.0 Å². The fraction of sp³-hybridized carbons (Fsp3) is 0.250. The Morgan fingerprint density at radius 3 is 2.26 bits per heavy atom. The Balaban J connectivity index is 1.36. The van der Waals surface area contributed by atoms with Gasteiger partial charge >= 0.3 is 0 Å². The monoisotopic (exact) mass is 706 g/mol. The molecule has 1 saturated carbocycles. The van der Waals surface area contributed by atoms with Gasteiger partial charge in [0.05, 0.1) is 41.2 Å². The number of amides is 4. The summed E-state index contributed by atoms with van der Waals surface area (Å²) in [7, 11) is 0. The Hall–Kier alpha value is -4.92. The van der Waals surface area contributed by atoms with Gasteiger partial charge in [-0.05, 0) is 91.4 Å². The number of aromatic hydroxyl groups is 1. The van der Waals surface area contributed by atoms with Crippen LogP contribution in [-0.2, 0) is 24.6 Å². The molecule has 4 aromatic rings. The van der Waals surface area contributed by atoms with Crippen LogP contribution in [0.5, 0.6) is 11.5 Å². The zero-order valence-corrected chi connectivity index (χ0v) is 28.5. The van der Waals surface area contributed by atoms with Crippen LogP contribution in [0, 0.1) is 23.7 Å². The van der Waals surface area contributed by atoms with Gasteiger partial charge in [0.15, 0.2) is 11.5 Å². The molecule has 10 heteroatoms. The van der Waals surface area contributed by atoms with Gasteiger partial charge in [-0.1, -0.05) is 77.3 Å². The van der Waals surface area contributed by atoms with Gasteiger partial charge in [0, 0.05) is 16.0 Å². The van der Waals surface area contributed by atoms with Crippen LogP contribution in [-0.4, -0.2) is 35.3 Å². The summed E-state index contributed by atoms with van der Waals surface area (Å²) in [6.07, 6.45) is 2.46. The highest BCUT2D eigenvalue weighted by Gasteiger charge is 2.70. The number of ether oxygens (including phenoxy) is 1. The van der Waals surface area contributed by atoms with E-state index in [4.69, 9.17) is 27.9 Å². The summed E-state index contributed by atoms with van der Waals surface area (Å²) >= 11 is 12.5. The molecule has 3 fully saturated rings. The van der Waals surface area contributed by atoms with Gasteiger partial charge in [-0.2, -0.15) is 0 Å². The van der Waals surface area contributed by atoms with Crippen LogP contribution in [0.3, 0.4) is 0 Å². The predicted molar refractivity (Wildman–Crippen MR) is 189 cm³/mol. The first-order valence-electron chi connectivity index (χ1n) is 16.6. The maximum absolute atomic E-state index is 15.3. The molecule has 2 heterocycles. The predicted octanol–water partition coefficient (Wildman–Crippen LogP) is 7.46. The highest BCUT2D eigenvalue weighted by atomic mass is 35.5. The van der Waals surface area contributed by atoms with Crippen molar-refractivity contribution in [3.05, 3.63) is 130 Å². The van der Waals surface area contributed by atoms with Crippen molar-refractivity contribution in [2.75, 3.05) is 16.4 Å². The summed E-state index contributed by atoms with van der Waals surface area (Å²) < 4.78 is 5.82. The van der Waals surface area contributed by atoms with E-state index in [2.05, 4.69) is 0 Å². The van der Waals surface area contributed by atoms with Crippen molar-refractivity contribution in [1.82, 2.24) is 0 Å². The number of fused-ring (bicyclic) bond motifs is 4. The number of imide groups is 2. The Labute approximate surface area is 298 Å². The van der Waals surface area contributed by atoms with E-state index in [9.17, 15) is 19.5 Å². The standard InChI is InChI=1S/C40H32Cl2N2O6/c1-2-50-33-19-22(11-18-32(33)45)35-28-16-17-29-34(38(48)43(36(29)46)26-14-12-24(41)13-15-26)30(28)21-31-37(47)44(27-10-6-9-25(42)20-27)39(49)40(31,35)23-7-4-3-5-8-23/h3-16,18-20,29-31,34-35,45H,2,17,21H2,1H3. The Morgan fingerprint density at radius 1 is 0.780 bits per heavy atom. The van der Waals surface area contributed by atoms with Crippen molar-refractivity contribution >= 4 is 58.2 Å². The highest BCUT2D eigenvalue weighted by molar-refractivity contribution is 6.32. The Kier molecular flexibility index (Phi) is 7.84. The Morgan fingerprint density at radius 2 is 1.54 bits per heavy atom. The minimum absolute atomic E-state index is 0.0597. The van der Waals surface area contributed by atoms with E-state index in [1.54, 1.807) is 60.7 Å². The molecule has 2 aliphatic heterocycles. The molecule has 0 bridgehead atoms. The molecule has 4 aliphatic rings. The first kappa shape index (κ1) is 32.3. The molecular formula is C40H32Cl2N2O6. The number of carbonyl (C=O) groups is 4. The lowest BCUT2D eigenvalue weighted by Crippen LogP contribution is -2.53. The first-order chi connectivity index (χ1) is 24.2. The van der Waals surface area contributed by atoms with Gasteiger partial charge in [-0.25, -0.2) is 4.90 Å². The smallest absolute Gasteiger partial charge is 0.246 e. The molecule has 1 N–H and O–H groups in total. The average Bonchev–Trinajstić information content (AvgIpc) is 3.51. The average molecular weight is 708 g/mol. The maximum atomic E-state index is 15.3. The molecule has 8 nitrogen and oxygen atoms in total. The van der Waals surface area contributed by atoms with Crippen LogP contribution in [0.4, 0.5) is 11.4 Å². The fourth-order valence-corrected chi connectivity index (χ4v) is 9.26. The van der Waals surface area contributed by atoms with Gasteiger partial charge in [-0.15, -0.1) is 0 Å². The van der Waals surface area contributed by atoms with E-state index >= 15 is 4.79 Å². The van der Waals surface area contributed by atoms with Crippen LogP contribution in [0.15, 0.2) is 109 Å². The van der Waals surface area contributed by atoms with Crippen LogP contribution in [0.2, 0.25) is 10.0 Å². The van der Waals surface area contributed by atoms with Crippen molar-refractivity contribution in [2.24, 2.45) is 23.7 Å². The lowest BCUT2D eigenvalue weighted by molar-refractivity contribution is -0.127. The molecule has 50 heavy (non-hydrogen) atoms. The number of halogens is 2. The van der Waals surface area contributed by atoms with Gasteiger partial charge in [0.2, 0.25) is 23.6 Å². The van der Waals surface area contributed by atoms with Crippen molar-refractivity contribution in [3.63, 3.8) is 0 Å². The van der Waals surface area contributed by atoms with Gasteiger partial charge in [0.1, 0.15) is 0 Å². The zero-order valence-electron chi connectivity index (χ0n) is 27.0. The second-order valence-corrected chi connectivity index (χ2v) is 14.1. The lowest BCUT2D eigenvalue weighted by Gasteiger charge is -2.50. The number of hydrogen-bond donors (Lipinski definition) is 1. The molecule has 0 spiro atoms. The number of nitrogens with zero attached hydrogens (tertiary/aromatic N) is 2. The number of allylic oxidation sites excluding steroid dienone is 2. The molecule has 0 radical (unpaired) electrons. The molecule has 2 saturated heterocycles. The third kappa shape index (κ3) is 4.65. The first-order valence-corrected chi connectivity index (χ1v) is 17.4. The number of phenolic OH excluding ortho intramolecular Hbond substituents is 1. The van der Waals surface area contributed by atoms with Gasteiger partial charge in [-0.3, -0.25) is 24.1 Å². The van der Waals surface area contributed by atoms with Gasteiger partial charge < -0.3 is 9.84 Å². The topological polar surface area (TPSA) is 104 Å². The maximum Gasteiger partial charge on any atom is 0.246 e. The number of anilines is 2. The summed E-state index contributed by atoms with van der Waals surface area (Å²) in [5, 5.41) is 11.6. The Bertz CT molecular complexity index is 2100. The lowest BCUT2D eigenvalue weighted by atomic mass is 9.49. The molecule has 0 aromatic heterocycles. The highest BCUT2D eigenvalue weighted by Crippen LogP contribution is 2.65. The van der Waals surface area contributed by atoms with Crippen LogP contribution < -0.4 is 14.5 Å². The van der Waals surface area contributed by atoms with Crippen LogP contribution in [0.25, 0.3) is 0 Å². The molecule has 4 aromatic carbocycles. The van der Waals surface area contributed by atoms with Gasteiger partial charge in [0.25, 0.3) is 0 Å². The largest absolute Gasteiger partial charge is 0.504 e. The van der Waals surface area contributed by atoms with E-state index in [1.807, 2.05) is 43.3 Å². The fourth-order valence-electron chi connectivity index (χ4n) is 8.94. The van der Waals surface area contributed by atoms with Crippen molar-refractivity contribution in [2.45, 2.75) is 31.1 Å². The van der Waals surface area contributed by atoms with E-state index < -0.39 is 46.8 Å². The molecule has 6 unspecified atom stereocenters. The summed E-state index contributed by atoms with van der Waals surface area (Å²) in [4.78, 5) is 61.1. The molecule has 252 valence electrons. The summed E-state index contributed by atoms with van der Waals surface area (Å²) in [6, 6.07) is 27.6. The molecular weight excluding hydrogens is 675 g/mol. The van der Waals surface area contributed by atoms with Crippen LogP contribution in [0.1, 0.15) is 36.8 Å². The molecule has 6 atom stereocenters. The van der Waals surface area contributed by atoms with E-state index in [1.165, 1.54) is 15.9 Å². The SMILES string of the molecule is CCOc1cc(C2C3=CCC4C(=O)N(c5ccc(Cl)cc5)C(=O)C4C3CC3C(=O)N(c4cccc(Cl)c4)C(=O)C32c2ccccc2)ccc1O. The second-order valence-electron chi connectivity index (χ2n) is 13.2. The minimum Gasteiger partial charge on any atom is -0.504 e. The van der Waals surface area contributed by atoms with Crippen molar-refractivity contribution in [3.8, 4) is 11.5 Å². The number of carbonyl (C=O) groups excluding carboxylic acids is 4. The third-order valence-corrected chi connectivity index (χ3v) is 11.4. The third-order valence-electron chi connectivity index (χ3n) is 10.9. The normalized spacial score (nSPS) is 27.2. The van der Waals surface area contributed by atoms with Crippen molar-refractivity contribution in [1.29, 1.82) is 0 Å². The number of hydrogen-bond acceptors (Lipinski definition) is 6. The van der Waals surface area contributed by atoms with E-state index in [0.29, 0.717) is 39.2 Å². The quantitative estimate of drug-likeness (QED) is 0.165. The second kappa shape index (κ2) is 12.1. The molecule has 8 rings (SSSR count). The summed E-state index contributed by atoms with van der Waals surface area (Å²) in [6.45, 7) is 2.10. The number of rotatable bonds is 6. The van der Waals surface area contributed by atoms with E-state index in [-0.39, 0.29) is 36.2 Å². The molecule has 2 aliphatic carbocycles. The summed E-state index contributed by atoms with van der Waals surface area (Å²) in [5.74, 6) is -4.83. The zero-order chi connectivity index (χ0) is 34.9. The minimum atomic E-state index is -1.43.